The summed E-state index contributed by atoms with van der Waals surface area (Å²) in [6.45, 7) is 9.50. The molecule has 214 valence electrons. The Kier molecular flexibility index (Phi) is 7.15. The van der Waals surface area contributed by atoms with E-state index in [1.165, 1.54) is 72.4 Å². The number of fused-ring (bicyclic) bond motifs is 2. The van der Waals surface area contributed by atoms with Crippen LogP contribution >= 0.6 is 0 Å². The van der Waals surface area contributed by atoms with Crippen LogP contribution in [0.3, 0.4) is 0 Å². The van der Waals surface area contributed by atoms with Gasteiger partial charge >= 0.3 is 0 Å². The average molecular weight is 567 g/mol. The van der Waals surface area contributed by atoms with E-state index < -0.39 is 0 Å². The fourth-order valence-corrected chi connectivity index (χ4v) is 7.78. The Labute approximate surface area is 262 Å². The first-order valence-electron chi connectivity index (χ1n) is 15.7. The van der Waals surface area contributed by atoms with Crippen molar-refractivity contribution in [3.05, 3.63) is 207 Å². The first-order valence-corrected chi connectivity index (χ1v) is 15.7. The Morgan fingerprint density at radius 3 is 1.50 bits per heavy atom. The second kappa shape index (κ2) is 11.3. The van der Waals surface area contributed by atoms with Gasteiger partial charge in [0.25, 0.3) is 0 Å². The number of rotatable bonds is 4. The maximum absolute atomic E-state index is 2.58. The molecule has 7 rings (SSSR count). The molecule has 1 fully saturated rings. The van der Waals surface area contributed by atoms with Crippen LogP contribution < -0.4 is 0 Å². The predicted molar refractivity (Wildman–Crippen MR) is 187 cm³/mol. The molecule has 0 amide bonds. The molecule has 0 aromatic heterocycles. The minimum absolute atomic E-state index is 0.0723. The normalized spacial score (nSPS) is 17.0. The zero-order chi connectivity index (χ0) is 30.3. The van der Waals surface area contributed by atoms with Crippen molar-refractivity contribution in [3.8, 4) is 0 Å². The lowest BCUT2D eigenvalue weighted by atomic mass is 9.75. The Balaban J connectivity index is 1.71. The van der Waals surface area contributed by atoms with E-state index in [-0.39, 0.29) is 11.3 Å². The van der Waals surface area contributed by atoms with Crippen molar-refractivity contribution in [1.82, 2.24) is 0 Å². The highest BCUT2D eigenvalue weighted by molar-refractivity contribution is 5.99. The van der Waals surface area contributed by atoms with Gasteiger partial charge in [-0.2, -0.15) is 0 Å². The lowest BCUT2D eigenvalue weighted by Crippen LogP contribution is -2.15. The maximum Gasteiger partial charge on any atom is 0.0265 e. The lowest BCUT2D eigenvalue weighted by molar-refractivity contribution is 0.561. The molecule has 44 heavy (non-hydrogen) atoms. The van der Waals surface area contributed by atoms with E-state index in [4.69, 9.17) is 0 Å². The van der Waals surface area contributed by atoms with Crippen LogP contribution in [0.4, 0.5) is 0 Å². The first kappa shape index (κ1) is 27.9. The second-order valence-electron chi connectivity index (χ2n) is 12.6. The molecule has 1 atom stereocenters. The van der Waals surface area contributed by atoms with Crippen molar-refractivity contribution >= 4 is 16.7 Å². The molecule has 0 N–H and O–H groups in total. The molecule has 5 aromatic rings. The summed E-state index contributed by atoms with van der Waals surface area (Å²) in [5.41, 5.74) is 17.0. The van der Waals surface area contributed by atoms with Gasteiger partial charge in [-0.05, 0) is 80.7 Å². The van der Waals surface area contributed by atoms with E-state index in [0.29, 0.717) is 0 Å². The summed E-state index contributed by atoms with van der Waals surface area (Å²) in [6, 6.07) is 53.0. The Morgan fingerprint density at radius 2 is 0.977 bits per heavy atom. The molecule has 0 spiro atoms. The summed E-state index contributed by atoms with van der Waals surface area (Å²) in [4.78, 5) is 0. The molecular formula is C44H38. The smallest absolute Gasteiger partial charge is 0.0265 e. The third-order valence-corrected chi connectivity index (χ3v) is 9.32. The molecule has 0 heteroatoms. The van der Waals surface area contributed by atoms with Crippen LogP contribution in [-0.4, -0.2) is 0 Å². The van der Waals surface area contributed by atoms with Gasteiger partial charge in [-0.3, -0.25) is 0 Å². The van der Waals surface area contributed by atoms with E-state index in [9.17, 15) is 0 Å². The quantitative estimate of drug-likeness (QED) is 0.203. The molecule has 2 aliphatic carbocycles. The highest BCUT2D eigenvalue weighted by atomic mass is 14.5. The van der Waals surface area contributed by atoms with Gasteiger partial charge in [0.15, 0.2) is 0 Å². The number of hydrogen-bond donors (Lipinski definition) is 0. The summed E-state index contributed by atoms with van der Waals surface area (Å²) in [5.74, 6) is 0.0723. The van der Waals surface area contributed by atoms with Crippen molar-refractivity contribution in [2.75, 3.05) is 0 Å². The third-order valence-electron chi connectivity index (χ3n) is 9.32. The first-order chi connectivity index (χ1) is 21.5. The average Bonchev–Trinajstić information content (AvgIpc) is 3.17. The van der Waals surface area contributed by atoms with E-state index in [1.807, 2.05) is 0 Å². The van der Waals surface area contributed by atoms with Crippen molar-refractivity contribution in [2.24, 2.45) is 11.3 Å². The minimum atomic E-state index is -0.214. The molecule has 0 bridgehead atoms. The topological polar surface area (TPSA) is 0 Å². The number of hydrogen-bond acceptors (Lipinski definition) is 0. The molecule has 0 radical (unpaired) electrons. The Bertz CT molecular complexity index is 1900. The van der Waals surface area contributed by atoms with Crippen molar-refractivity contribution in [3.63, 3.8) is 0 Å². The van der Waals surface area contributed by atoms with Crippen LogP contribution in [0.2, 0.25) is 0 Å². The summed E-state index contributed by atoms with van der Waals surface area (Å²) in [5, 5.41) is 0. The molecule has 1 unspecified atom stereocenters. The molecule has 5 aromatic carbocycles. The van der Waals surface area contributed by atoms with Crippen LogP contribution in [0.1, 0.15) is 61.1 Å². The van der Waals surface area contributed by atoms with Gasteiger partial charge in [-0.1, -0.05) is 171 Å². The molecule has 0 saturated heterocycles. The molecular weight excluding hydrogens is 528 g/mol. The third kappa shape index (κ3) is 4.63. The number of benzene rings is 5. The largest absolute Gasteiger partial charge is 0.0720 e. The fraction of sp³-hybridized carbons (Fsp3) is 0.136. The molecule has 2 aliphatic rings. The highest BCUT2D eigenvalue weighted by Crippen LogP contribution is 2.62. The van der Waals surface area contributed by atoms with Gasteiger partial charge < -0.3 is 0 Å². The molecule has 1 saturated carbocycles. The van der Waals surface area contributed by atoms with Gasteiger partial charge in [0.1, 0.15) is 0 Å². The molecule has 0 aliphatic heterocycles. The van der Waals surface area contributed by atoms with Gasteiger partial charge in [0.2, 0.25) is 0 Å². The standard InChI is InChI=1S/C44H38/c1-30(2)42-41(39(32-21-11-6-12-22-32)33-23-13-7-14-24-33)38-29-37(31-19-9-5-10-20-31)35-27-17-18-28-36(35)40(43(38)44(42,3)4)34-25-15-8-16-26-34/h5-29,38H,1-4H3. The SMILES string of the molecule is CC(C)=C1C(=C(c2ccccc2)c2ccccc2)C2C=C(c3ccccc3)c3ccccc3C(c3ccccc3)=C2C1(C)C. The summed E-state index contributed by atoms with van der Waals surface area (Å²) in [7, 11) is 0. The van der Waals surface area contributed by atoms with Gasteiger partial charge in [-0.15, -0.1) is 0 Å². The van der Waals surface area contributed by atoms with Crippen LogP contribution in [0.15, 0.2) is 174 Å². The number of allylic oxidation sites excluding steroid dienone is 5. The van der Waals surface area contributed by atoms with Crippen molar-refractivity contribution in [2.45, 2.75) is 27.7 Å². The zero-order valence-corrected chi connectivity index (χ0v) is 26.0. The Morgan fingerprint density at radius 1 is 0.523 bits per heavy atom. The predicted octanol–water partition coefficient (Wildman–Crippen LogP) is 11.4. The molecule has 0 heterocycles. The van der Waals surface area contributed by atoms with E-state index in [1.54, 1.807) is 0 Å². The van der Waals surface area contributed by atoms with Gasteiger partial charge in [0.05, 0.1) is 0 Å². The second-order valence-corrected chi connectivity index (χ2v) is 12.6. The minimum Gasteiger partial charge on any atom is -0.0720 e. The van der Waals surface area contributed by atoms with Crippen LogP contribution in [0, 0.1) is 11.3 Å². The van der Waals surface area contributed by atoms with Crippen molar-refractivity contribution < 1.29 is 0 Å². The van der Waals surface area contributed by atoms with Crippen molar-refractivity contribution in [1.29, 1.82) is 0 Å². The summed E-state index contributed by atoms with van der Waals surface area (Å²) < 4.78 is 0. The highest BCUT2D eigenvalue weighted by Gasteiger charge is 2.48. The van der Waals surface area contributed by atoms with E-state index in [0.717, 1.165) is 0 Å². The Hall–Kier alpha value is -4.94. The van der Waals surface area contributed by atoms with Crippen LogP contribution in [0.5, 0.6) is 0 Å². The summed E-state index contributed by atoms with van der Waals surface area (Å²) >= 11 is 0. The fourth-order valence-electron chi connectivity index (χ4n) is 7.78. The van der Waals surface area contributed by atoms with Gasteiger partial charge in [-0.25, -0.2) is 0 Å². The molecule has 0 nitrogen and oxygen atoms in total. The zero-order valence-electron chi connectivity index (χ0n) is 26.0. The van der Waals surface area contributed by atoms with Gasteiger partial charge in [0, 0.05) is 11.3 Å². The van der Waals surface area contributed by atoms with Crippen LogP contribution in [0.25, 0.3) is 16.7 Å². The maximum atomic E-state index is 2.58. The van der Waals surface area contributed by atoms with Crippen LogP contribution in [-0.2, 0) is 0 Å². The van der Waals surface area contributed by atoms with E-state index in [2.05, 4.69) is 179 Å². The summed E-state index contributed by atoms with van der Waals surface area (Å²) in [6.07, 6.45) is 2.58. The monoisotopic (exact) mass is 566 g/mol. The lowest BCUT2D eigenvalue weighted by Gasteiger charge is -2.28. The van der Waals surface area contributed by atoms with E-state index >= 15 is 0 Å².